The fraction of sp³-hybridized carbons (Fsp3) is 0.583. The van der Waals surface area contributed by atoms with Crippen molar-refractivity contribution in [1.29, 1.82) is 0 Å². The molecular formula is C12H18N2O3S2. The molecule has 0 unspecified atom stereocenters. The molecule has 0 radical (unpaired) electrons. The Labute approximate surface area is 121 Å². The zero-order valence-electron chi connectivity index (χ0n) is 11.3. The average Bonchev–Trinajstić information content (AvgIpc) is 2.81. The molecule has 1 aromatic rings. The van der Waals surface area contributed by atoms with E-state index in [0.29, 0.717) is 12.3 Å². The van der Waals surface area contributed by atoms with Crippen molar-refractivity contribution in [1.82, 2.24) is 9.88 Å². The van der Waals surface area contributed by atoms with Gasteiger partial charge in [-0.15, -0.1) is 23.1 Å². The van der Waals surface area contributed by atoms with Crippen molar-refractivity contribution in [2.75, 3.05) is 26.5 Å². The highest BCUT2D eigenvalue weighted by molar-refractivity contribution is 7.99. The Morgan fingerprint density at radius 1 is 1.53 bits per heavy atom. The zero-order valence-corrected chi connectivity index (χ0v) is 13.0. The summed E-state index contributed by atoms with van der Waals surface area (Å²) in [4.78, 5) is 28.6. The molecule has 0 aromatic carbocycles. The van der Waals surface area contributed by atoms with E-state index in [1.165, 1.54) is 18.9 Å². The maximum atomic E-state index is 11.8. The van der Waals surface area contributed by atoms with Gasteiger partial charge in [-0.3, -0.25) is 9.59 Å². The molecule has 19 heavy (non-hydrogen) atoms. The number of aryl methyl sites for hydroxylation is 1. The summed E-state index contributed by atoms with van der Waals surface area (Å²) >= 11 is 3.15. The van der Waals surface area contributed by atoms with Gasteiger partial charge < -0.3 is 9.64 Å². The van der Waals surface area contributed by atoms with Crippen LogP contribution in [0.25, 0.3) is 0 Å². The highest BCUT2D eigenvalue weighted by atomic mass is 32.2. The number of amides is 1. The molecule has 5 nitrogen and oxygen atoms in total. The van der Waals surface area contributed by atoms with Crippen molar-refractivity contribution in [3.63, 3.8) is 0 Å². The third-order valence-electron chi connectivity index (χ3n) is 2.45. The van der Waals surface area contributed by atoms with E-state index < -0.39 is 0 Å². The third-order valence-corrected chi connectivity index (χ3v) is 4.22. The van der Waals surface area contributed by atoms with Gasteiger partial charge in [0.25, 0.3) is 0 Å². The van der Waals surface area contributed by atoms with Crippen molar-refractivity contribution in [3.8, 4) is 0 Å². The van der Waals surface area contributed by atoms with E-state index >= 15 is 0 Å². The molecule has 0 aliphatic rings. The van der Waals surface area contributed by atoms with Gasteiger partial charge in [0.1, 0.15) is 0 Å². The van der Waals surface area contributed by atoms with Crippen LogP contribution in [0.3, 0.4) is 0 Å². The maximum absolute atomic E-state index is 11.8. The summed E-state index contributed by atoms with van der Waals surface area (Å²) in [6.07, 6.45) is 0.231. The fourth-order valence-electron chi connectivity index (χ4n) is 1.31. The van der Waals surface area contributed by atoms with Crippen LogP contribution < -0.4 is 0 Å². The zero-order chi connectivity index (χ0) is 14.3. The van der Waals surface area contributed by atoms with Gasteiger partial charge in [-0.25, -0.2) is 4.98 Å². The Morgan fingerprint density at radius 3 is 2.84 bits per heavy atom. The van der Waals surface area contributed by atoms with Crippen molar-refractivity contribution in [2.24, 2.45) is 0 Å². The fourth-order valence-corrected chi connectivity index (χ4v) is 2.89. The Hall–Kier alpha value is -1.08. The topological polar surface area (TPSA) is 59.5 Å². The van der Waals surface area contributed by atoms with E-state index in [2.05, 4.69) is 9.72 Å². The second-order valence-electron chi connectivity index (χ2n) is 3.99. The molecule has 0 bridgehead atoms. The summed E-state index contributed by atoms with van der Waals surface area (Å²) in [6.45, 7) is 2.35. The van der Waals surface area contributed by atoms with Gasteiger partial charge in [0.2, 0.25) is 5.91 Å². The van der Waals surface area contributed by atoms with Gasteiger partial charge in [-0.2, -0.15) is 0 Å². The standard InChI is InChI=1S/C12H18N2O3S2/c1-9-13-10(7-19-9)6-18-8-11(15)14(2)5-4-12(16)17-3/h7H,4-6,8H2,1-3H3. The van der Waals surface area contributed by atoms with Gasteiger partial charge >= 0.3 is 5.97 Å². The second-order valence-corrected chi connectivity index (χ2v) is 6.04. The Bertz CT molecular complexity index is 434. The first-order valence-electron chi connectivity index (χ1n) is 5.82. The van der Waals surface area contributed by atoms with Crippen LogP contribution in [0.1, 0.15) is 17.1 Å². The predicted molar refractivity (Wildman–Crippen MR) is 77.3 cm³/mol. The van der Waals surface area contributed by atoms with E-state index in [4.69, 9.17) is 0 Å². The molecular weight excluding hydrogens is 284 g/mol. The molecule has 1 rings (SSSR count). The lowest BCUT2D eigenvalue weighted by atomic mass is 10.4. The van der Waals surface area contributed by atoms with E-state index in [9.17, 15) is 9.59 Å². The molecule has 1 amide bonds. The lowest BCUT2D eigenvalue weighted by Crippen LogP contribution is -2.30. The van der Waals surface area contributed by atoms with Crippen LogP contribution in [0.5, 0.6) is 0 Å². The van der Waals surface area contributed by atoms with Gasteiger partial charge in [0, 0.05) is 24.7 Å². The summed E-state index contributed by atoms with van der Waals surface area (Å²) in [5.41, 5.74) is 1.01. The smallest absolute Gasteiger partial charge is 0.307 e. The first kappa shape index (κ1) is 16.0. The van der Waals surface area contributed by atoms with Crippen molar-refractivity contribution in [3.05, 3.63) is 16.1 Å². The molecule has 106 valence electrons. The Morgan fingerprint density at radius 2 is 2.26 bits per heavy atom. The van der Waals surface area contributed by atoms with Crippen LogP contribution >= 0.6 is 23.1 Å². The van der Waals surface area contributed by atoms with E-state index in [0.717, 1.165) is 16.5 Å². The number of thiazole rings is 1. The Balaban J connectivity index is 2.21. The van der Waals surface area contributed by atoms with Gasteiger partial charge in [-0.1, -0.05) is 0 Å². The first-order chi connectivity index (χ1) is 9.02. The normalized spacial score (nSPS) is 10.3. The second kappa shape index (κ2) is 8.16. The lowest BCUT2D eigenvalue weighted by Gasteiger charge is -2.15. The van der Waals surface area contributed by atoms with Gasteiger partial charge in [0.05, 0.1) is 30.0 Å². The molecule has 0 N–H and O–H groups in total. The number of methoxy groups -OCH3 is 1. The van der Waals surface area contributed by atoms with Crippen LogP contribution in [0.2, 0.25) is 0 Å². The number of hydrogen-bond acceptors (Lipinski definition) is 6. The molecule has 0 atom stereocenters. The minimum atomic E-state index is -0.301. The predicted octanol–water partition coefficient (Wildman–Crippen LogP) is 1.71. The molecule has 1 aromatic heterocycles. The first-order valence-corrected chi connectivity index (χ1v) is 7.86. The number of carbonyl (C=O) groups excluding carboxylic acids is 2. The highest BCUT2D eigenvalue weighted by Crippen LogP contribution is 2.15. The molecule has 0 spiro atoms. The van der Waals surface area contributed by atoms with Crippen LogP contribution in [-0.2, 0) is 20.1 Å². The number of hydrogen-bond donors (Lipinski definition) is 0. The number of rotatable bonds is 7. The van der Waals surface area contributed by atoms with Crippen LogP contribution in [0.4, 0.5) is 0 Å². The van der Waals surface area contributed by atoms with Crippen LogP contribution in [-0.4, -0.2) is 48.2 Å². The SMILES string of the molecule is COC(=O)CCN(C)C(=O)CSCc1csc(C)n1. The Kier molecular flexibility index (Phi) is 6.86. The van der Waals surface area contributed by atoms with Crippen LogP contribution in [0, 0.1) is 6.92 Å². The molecule has 0 aliphatic heterocycles. The largest absolute Gasteiger partial charge is 0.469 e. The molecule has 7 heteroatoms. The summed E-state index contributed by atoms with van der Waals surface area (Å²) in [7, 11) is 3.04. The summed E-state index contributed by atoms with van der Waals surface area (Å²) < 4.78 is 4.53. The summed E-state index contributed by atoms with van der Waals surface area (Å²) in [5.74, 6) is 0.848. The number of ether oxygens (including phenoxy) is 1. The minimum Gasteiger partial charge on any atom is -0.469 e. The van der Waals surface area contributed by atoms with E-state index in [1.54, 1.807) is 23.3 Å². The molecule has 0 saturated carbocycles. The lowest BCUT2D eigenvalue weighted by molar-refractivity contribution is -0.141. The minimum absolute atomic E-state index is 0.0147. The molecule has 0 saturated heterocycles. The highest BCUT2D eigenvalue weighted by Gasteiger charge is 2.11. The summed E-state index contributed by atoms with van der Waals surface area (Å²) in [5, 5.41) is 3.05. The number of aromatic nitrogens is 1. The molecule has 0 fully saturated rings. The third kappa shape index (κ3) is 6.07. The van der Waals surface area contributed by atoms with E-state index in [1.807, 2.05) is 12.3 Å². The van der Waals surface area contributed by atoms with Crippen LogP contribution in [0.15, 0.2) is 5.38 Å². The van der Waals surface area contributed by atoms with E-state index in [-0.39, 0.29) is 18.3 Å². The van der Waals surface area contributed by atoms with Gasteiger partial charge in [-0.05, 0) is 6.92 Å². The summed E-state index contributed by atoms with van der Waals surface area (Å²) in [6, 6.07) is 0. The quantitative estimate of drug-likeness (QED) is 0.718. The van der Waals surface area contributed by atoms with Crippen molar-refractivity contribution >= 4 is 35.0 Å². The number of carbonyl (C=O) groups is 2. The number of esters is 1. The van der Waals surface area contributed by atoms with Crippen molar-refractivity contribution in [2.45, 2.75) is 19.1 Å². The number of nitrogens with zero attached hydrogens (tertiary/aromatic N) is 2. The average molecular weight is 302 g/mol. The molecule has 0 aliphatic carbocycles. The van der Waals surface area contributed by atoms with Crippen molar-refractivity contribution < 1.29 is 14.3 Å². The molecule has 1 heterocycles. The van der Waals surface area contributed by atoms with Gasteiger partial charge in [0.15, 0.2) is 0 Å². The maximum Gasteiger partial charge on any atom is 0.307 e. The number of thioether (sulfide) groups is 1. The monoisotopic (exact) mass is 302 g/mol.